The first-order valence-corrected chi connectivity index (χ1v) is 9.31. The van der Waals surface area contributed by atoms with Gasteiger partial charge in [0.15, 0.2) is 12.3 Å². The van der Waals surface area contributed by atoms with Crippen molar-refractivity contribution in [2.75, 3.05) is 83.6 Å². The monoisotopic (exact) mass is 434 g/mol. The molecule has 0 spiro atoms. The van der Waals surface area contributed by atoms with E-state index in [2.05, 4.69) is 0 Å². The maximum absolute atomic E-state index is 13.7. The molecule has 0 N–H and O–H groups in total. The molecule has 0 aliphatic carbocycles. The number of urea groups is 2. The Morgan fingerprint density at radius 2 is 0.867 bits per heavy atom. The number of hydrogen-bond donors (Lipinski definition) is 0. The Hall–Kier alpha value is -1.78. The quantitative estimate of drug-likeness (QED) is 0.353. The Bertz CT molecular complexity index is 538. The van der Waals surface area contributed by atoms with Crippen molar-refractivity contribution in [3.8, 4) is 0 Å². The second kappa shape index (κ2) is 10.5. The molecule has 4 amide bonds. The molecule has 2 heterocycles. The van der Waals surface area contributed by atoms with Crippen LogP contribution in [0.3, 0.4) is 0 Å². The van der Waals surface area contributed by atoms with Crippen molar-refractivity contribution in [3.63, 3.8) is 0 Å². The molecule has 2 saturated heterocycles. The molecule has 0 aromatic carbocycles. The van der Waals surface area contributed by atoms with Crippen LogP contribution in [0.25, 0.3) is 0 Å². The van der Waals surface area contributed by atoms with Crippen molar-refractivity contribution in [2.24, 2.45) is 0 Å². The van der Waals surface area contributed by atoms with E-state index in [1.165, 1.54) is 48.5 Å². The summed E-state index contributed by atoms with van der Waals surface area (Å²) in [6.45, 7) is 0.344. The summed E-state index contributed by atoms with van der Waals surface area (Å²) in [5, 5.41) is 12.5. The molecule has 0 bridgehead atoms. The van der Waals surface area contributed by atoms with Crippen molar-refractivity contribution in [1.29, 1.82) is 0 Å². The summed E-state index contributed by atoms with van der Waals surface area (Å²) in [5.41, 5.74) is 0. The topological polar surface area (TPSA) is 97.0 Å². The van der Waals surface area contributed by atoms with Crippen molar-refractivity contribution in [3.05, 3.63) is 0 Å². The minimum Gasteiger partial charge on any atom is -0.368 e. The van der Waals surface area contributed by atoms with Crippen LogP contribution in [0, 0.1) is 0 Å². The first kappa shape index (κ1) is 24.5. The molecule has 2 aliphatic heterocycles. The summed E-state index contributed by atoms with van der Waals surface area (Å²) in [6.07, 6.45) is -1.38. The van der Waals surface area contributed by atoms with Crippen LogP contribution in [-0.2, 0) is 18.9 Å². The summed E-state index contributed by atoms with van der Waals surface area (Å²) in [6, 6.07) is -0.661. The summed E-state index contributed by atoms with van der Waals surface area (Å²) >= 11 is 0. The Morgan fingerprint density at radius 3 is 1.10 bits per heavy atom. The highest BCUT2D eigenvalue weighted by atomic mass is 16.5. The third-order valence-corrected chi connectivity index (χ3v) is 4.64. The van der Waals surface area contributed by atoms with E-state index in [0.29, 0.717) is 0 Å². The number of carbonyl (C=O) groups is 2. The lowest BCUT2D eigenvalue weighted by Crippen LogP contribution is -2.59. The van der Waals surface area contributed by atoms with Gasteiger partial charge >= 0.3 is 12.1 Å². The summed E-state index contributed by atoms with van der Waals surface area (Å²) in [4.78, 5) is 27.0. The highest BCUT2D eigenvalue weighted by Crippen LogP contribution is 2.37. The van der Waals surface area contributed by atoms with Gasteiger partial charge in [-0.15, -0.1) is 0 Å². The van der Waals surface area contributed by atoms with Crippen LogP contribution in [0.5, 0.6) is 0 Å². The van der Waals surface area contributed by atoms with Crippen LogP contribution in [0.2, 0.25) is 0 Å². The van der Waals surface area contributed by atoms with Gasteiger partial charge in [0.2, 0.25) is 0 Å². The fourth-order valence-electron chi connectivity index (χ4n) is 3.69. The molecular weight excluding hydrogens is 400 g/mol. The SMILES string of the molecule is COCN(COC)N1C(=O)N(N(COC)COC)C2C1N(N(C)C)C(=O)N2N(C)C. The largest absolute Gasteiger partial charge is 0.368 e. The number of rotatable bonds is 12. The predicted molar refractivity (Wildman–Crippen MR) is 104 cm³/mol. The number of nitrogens with zero attached hydrogens (tertiary/aromatic N) is 8. The average Bonchev–Trinajstić information content (AvgIpc) is 3.10. The van der Waals surface area contributed by atoms with Gasteiger partial charge in [0.05, 0.1) is 0 Å². The molecule has 14 nitrogen and oxygen atoms in total. The molecule has 14 heteroatoms. The number of ether oxygens (including phenoxy) is 4. The summed E-state index contributed by atoms with van der Waals surface area (Å²) < 4.78 is 21.1. The second-order valence-electron chi connectivity index (χ2n) is 7.15. The standard InChI is InChI=1S/C16H34N8O6/c1-17(2)21-13-14(22(15(21)25)18(3)4)24(20(11-29-7)12-30-8)16(26)23(13)19(9-27-5)10-28-6/h13-14H,9-12H2,1-8H3. The summed E-state index contributed by atoms with van der Waals surface area (Å²) in [7, 11) is 13.1. The normalized spacial score (nSPS) is 22.1. The van der Waals surface area contributed by atoms with Crippen molar-refractivity contribution in [2.45, 2.75) is 12.3 Å². The maximum Gasteiger partial charge on any atom is 0.353 e. The Kier molecular flexibility index (Phi) is 8.57. The van der Waals surface area contributed by atoms with Gasteiger partial charge in [-0.3, -0.25) is 0 Å². The molecule has 2 fully saturated rings. The molecule has 30 heavy (non-hydrogen) atoms. The zero-order valence-corrected chi connectivity index (χ0v) is 19.0. The Balaban J connectivity index is 2.61. The third-order valence-electron chi connectivity index (χ3n) is 4.64. The Labute approximate surface area is 177 Å². The van der Waals surface area contributed by atoms with Gasteiger partial charge in [-0.05, 0) is 0 Å². The minimum atomic E-state index is -0.691. The molecule has 0 aromatic rings. The van der Waals surface area contributed by atoms with E-state index in [9.17, 15) is 9.59 Å². The fourth-order valence-corrected chi connectivity index (χ4v) is 3.69. The molecule has 0 saturated carbocycles. The van der Waals surface area contributed by atoms with Gasteiger partial charge in [0.25, 0.3) is 0 Å². The number of methoxy groups -OCH3 is 4. The van der Waals surface area contributed by atoms with E-state index in [1.54, 1.807) is 48.2 Å². The smallest absolute Gasteiger partial charge is 0.353 e. The van der Waals surface area contributed by atoms with Gasteiger partial charge in [0.1, 0.15) is 26.9 Å². The van der Waals surface area contributed by atoms with Gasteiger partial charge < -0.3 is 18.9 Å². The van der Waals surface area contributed by atoms with E-state index < -0.39 is 12.3 Å². The molecule has 0 radical (unpaired) electrons. The molecular formula is C16H34N8O6. The van der Waals surface area contributed by atoms with Crippen molar-refractivity contribution < 1.29 is 28.5 Å². The number of hydrogen-bond acceptors (Lipinski definition) is 10. The van der Waals surface area contributed by atoms with Crippen molar-refractivity contribution in [1.82, 2.24) is 40.1 Å². The van der Waals surface area contributed by atoms with Gasteiger partial charge in [0, 0.05) is 56.6 Å². The molecule has 2 unspecified atom stereocenters. The van der Waals surface area contributed by atoms with Crippen LogP contribution in [0.15, 0.2) is 0 Å². The lowest BCUT2D eigenvalue weighted by molar-refractivity contribution is -0.167. The second-order valence-corrected chi connectivity index (χ2v) is 7.15. The Morgan fingerprint density at radius 1 is 0.600 bits per heavy atom. The van der Waals surface area contributed by atoms with Crippen LogP contribution in [0.4, 0.5) is 9.59 Å². The fraction of sp³-hybridized carbons (Fsp3) is 0.875. The lowest BCUT2D eigenvalue weighted by Gasteiger charge is -2.39. The van der Waals surface area contributed by atoms with Crippen LogP contribution in [-0.4, -0.2) is 148 Å². The lowest BCUT2D eigenvalue weighted by atomic mass is 10.4. The summed E-state index contributed by atoms with van der Waals surface area (Å²) in [5.74, 6) is 0. The van der Waals surface area contributed by atoms with Gasteiger partial charge in [-0.1, -0.05) is 0 Å². The first-order valence-electron chi connectivity index (χ1n) is 9.31. The van der Waals surface area contributed by atoms with Crippen LogP contribution >= 0.6 is 0 Å². The van der Waals surface area contributed by atoms with Crippen LogP contribution in [0.1, 0.15) is 0 Å². The highest BCUT2D eigenvalue weighted by molar-refractivity contribution is 5.84. The van der Waals surface area contributed by atoms with E-state index in [0.717, 1.165) is 0 Å². The number of fused-ring (bicyclic) bond motifs is 1. The van der Waals surface area contributed by atoms with E-state index >= 15 is 0 Å². The molecule has 0 aromatic heterocycles. The minimum absolute atomic E-state index is 0.0859. The van der Waals surface area contributed by atoms with Gasteiger partial charge in [-0.25, -0.2) is 39.6 Å². The first-order chi connectivity index (χ1) is 14.3. The predicted octanol–water partition coefficient (Wildman–Crippen LogP) is -1.08. The van der Waals surface area contributed by atoms with Gasteiger partial charge in [-0.2, -0.15) is 10.0 Å². The molecule has 2 rings (SSSR count). The maximum atomic E-state index is 13.7. The van der Waals surface area contributed by atoms with Crippen LogP contribution < -0.4 is 0 Å². The zero-order valence-electron chi connectivity index (χ0n) is 19.0. The number of amides is 4. The average molecular weight is 434 g/mol. The molecule has 2 aliphatic rings. The zero-order chi connectivity index (χ0) is 22.6. The molecule has 174 valence electrons. The number of carbonyl (C=O) groups excluding carboxylic acids is 2. The number of hydrazine groups is 4. The highest BCUT2D eigenvalue weighted by Gasteiger charge is 2.64. The van der Waals surface area contributed by atoms with E-state index in [-0.39, 0.29) is 39.0 Å². The van der Waals surface area contributed by atoms with E-state index in [4.69, 9.17) is 18.9 Å². The van der Waals surface area contributed by atoms with Crippen molar-refractivity contribution >= 4 is 12.1 Å². The molecule has 2 atom stereocenters. The van der Waals surface area contributed by atoms with E-state index in [1.807, 2.05) is 0 Å². The third kappa shape index (κ3) is 4.31.